The summed E-state index contributed by atoms with van der Waals surface area (Å²) in [4.78, 5) is 19.4. The Morgan fingerprint density at radius 2 is 1.77 bits per heavy atom. The molecule has 1 aliphatic heterocycles. The predicted molar refractivity (Wildman–Crippen MR) is 129 cm³/mol. The molecule has 0 saturated carbocycles. The number of nitro benzene ring substituents is 1. The van der Waals surface area contributed by atoms with Gasteiger partial charge < -0.3 is 15.0 Å². The maximum Gasteiger partial charge on any atom is 0.269 e. The summed E-state index contributed by atoms with van der Waals surface area (Å²) >= 11 is 0. The molecule has 1 heterocycles. The molecule has 0 spiro atoms. The zero-order valence-electron chi connectivity index (χ0n) is 17.1. The van der Waals surface area contributed by atoms with Crippen LogP contribution < -0.4 is 10.1 Å². The van der Waals surface area contributed by atoms with E-state index in [1.165, 1.54) is 12.1 Å². The van der Waals surface area contributed by atoms with Gasteiger partial charge in [-0.3, -0.25) is 20.0 Å². The Morgan fingerprint density at radius 1 is 1.10 bits per heavy atom. The van der Waals surface area contributed by atoms with Gasteiger partial charge in [0.2, 0.25) is 0 Å². The van der Waals surface area contributed by atoms with Gasteiger partial charge in [-0.25, -0.2) is 0 Å². The lowest BCUT2D eigenvalue weighted by Crippen LogP contribution is -2.52. The van der Waals surface area contributed by atoms with Gasteiger partial charge in [0.05, 0.1) is 4.92 Å². The van der Waals surface area contributed by atoms with E-state index in [2.05, 4.69) is 20.1 Å². The topological polar surface area (TPSA) is 83.2 Å². The molecule has 0 amide bonds. The number of hydrogen-bond donors (Lipinski definition) is 1. The number of ether oxygens (including phenoxy) is 1. The highest BCUT2D eigenvalue weighted by Crippen LogP contribution is 2.12. The standard InChI is InChI=1S/C21H27N5O3.HI/c1-22-21(23-17-18-7-9-19(10-8-18)26(27)28)25-13-11-24(12-14-25)15-16-29-20-5-3-2-4-6-20;/h2-10H,11-17H2,1H3,(H,22,23);1H. The van der Waals surface area contributed by atoms with Crippen molar-refractivity contribution in [3.63, 3.8) is 0 Å². The summed E-state index contributed by atoms with van der Waals surface area (Å²) in [6, 6.07) is 16.5. The molecule has 1 N–H and O–H groups in total. The molecule has 0 bridgehead atoms. The van der Waals surface area contributed by atoms with Crippen molar-refractivity contribution in [3.8, 4) is 5.75 Å². The van der Waals surface area contributed by atoms with Crippen LogP contribution in [0.4, 0.5) is 5.69 Å². The fourth-order valence-electron chi connectivity index (χ4n) is 3.24. The number of hydrogen-bond acceptors (Lipinski definition) is 5. The van der Waals surface area contributed by atoms with E-state index < -0.39 is 0 Å². The van der Waals surface area contributed by atoms with Crippen LogP contribution in [0, 0.1) is 10.1 Å². The zero-order chi connectivity index (χ0) is 20.5. The smallest absolute Gasteiger partial charge is 0.269 e. The van der Waals surface area contributed by atoms with E-state index in [1.807, 2.05) is 30.3 Å². The van der Waals surface area contributed by atoms with E-state index in [0.717, 1.165) is 50.0 Å². The number of aliphatic imine (C=N–C) groups is 1. The second kappa shape index (κ2) is 12.3. The Kier molecular flexibility index (Phi) is 9.81. The summed E-state index contributed by atoms with van der Waals surface area (Å²) in [6.07, 6.45) is 0. The molecule has 30 heavy (non-hydrogen) atoms. The molecular weight excluding hydrogens is 497 g/mol. The quantitative estimate of drug-likeness (QED) is 0.197. The largest absolute Gasteiger partial charge is 0.492 e. The molecule has 0 aromatic heterocycles. The number of non-ortho nitro benzene ring substituents is 1. The third kappa shape index (κ3) is 7.13. The monoisotopic (exact) mass is 525 g/mol. The first-order valence-corrected chi connectivity index (χ1v) is 9.75. The van der Waals surface area contributed by atoms with Crippen LogP contribution in [-0.4, -0.2) is 67.1 Å². The highest BCUT2D eigenvalue weighted by Gasteiger charge is 2.19. The Bertz CT molecular complexity index is 809. The third-order valence-electron chi connectivity index (χ3n) is 4.90. The summed E-state index contributed by atoms with van der Waals surface area (Å²) in [5.74, 6) is 1.76. The van der Waals surface area contributed by atoms with Crippen LogP contribution in [0.25, 0.3) is 0 Å². The van der Waals surface area contributed by atoms with Gasteiger partial charge in [-0.1, -0.05) is 30.3 Å². The number of para-hydroxylation sites is 1. The number of piperazine rings is 1. The fraction of sp³-hybridized carbons (Fsp3) is 0.381. The number of nitro groups is 1. The minimum absolute atomic E-state index is 0. The van der Waals surface area contributed by atoms with Gasteiger partial charge in [-0.05, 0) is 17.7 Å². The number of rotatable bonds is 7. The molecule has 9 heteroatoms. The second-order valence-electron chi connectivity index (χ2n) is 6.81. The van der Waals surface area contributed by atoms with Gasteiger partial charge >= 0.3 is 0 Å². The van der Waals surface area contributed by atoms with E-state index >= 15 is 0 Å². The first-order chi connectivity index (χ1) is 14.2. The van der Waals surface area contributed by atoms with Crippen molar-refractivity contribution in [2.45, 2.75) is 6.54 Å². The molecule has 1 fully saturated rings. The minimum atomic E-state index is -0.388. The first kappa shape index (κ1) is 23.9. The number of benzene rings is 2. The molecule has 162 valence electrons. The van der Waals surface area contributed by atoms with Crippen LogP contribution in [0.15, 0.2) is 59.6 Å². The van der Waals surface area contributed by atoms with Crippen molar-refractivity contribution in [1.82, 2.24) is 15.1 Å². The molecule has 8 nitrogen and oxygen atoms in total. The molecule has 0 atom stereocenters. The van der Waals surface area contributed by atoms with Crippen LogP contribution in [0.2, 0.25) is 0 Å². The van der Waals surface area contributed by atoms with Gasteiger partial charge in [0.1, 0.15) is 12.4 Å². The van der Waals surface area contributed by atoms with Crippen LogP contribution in [-0.2, 0) is 6.54 Å². The van der Waals surface area contributed by atoms with E-state index in [9.17, 15) is 10.1 Å². The van der Waals surface area contributed by atoms with E-state index in [0.29, 0.717) is 13.2 Å². The second-order valence-corrected chi connectivity index (χ2v) is 6.81. The summed E-state index contributed by atoms with van der Waals surface area (Å²) in [5.41, 5.74) is 1.08. The molecular formula is C21H28IN5O3. The van der Waals surface area contributed by atoms with Crippen LogP contribution in [0.3, 0.4) is 0 Å². The van der Waals surface area contributed by atoms with Crippen molar-refractivity contribution in [2.75, 3.05) is 46.4 Å². The lowest BCUT2D eigenvalue weighted by atomic mass is 10.2. The zero-order valence-corrected chi connectivity index (χ0v) is 19.4. The summed E-state index contributed by atoms with van der Waals surface area (Å²) in [6.45, 7) is 5.85. The van der Waals surface area contributed by atoms with Crippen LogP contribution in [0.5, 0.6) is 5.75 Å². The average Bonchev–Trinajstić information content (AvgIpc) is 2.76. The van der Waals surface area contributed by atoms with Crippen molar-refractivity contribution in [3.05, 3.63) is 70.3 Å². The fourth-order valence-corrected chi connectivity index (χ4v) is 3.24. The average molecular weight is 525 g/mol. The number of nitrogens with zero attached hydrogens (tertiary/aromatic N) is 4. The Balaban J connectivity index is 0.00000320. The molecule has 2 aromatic carbocycles. The highest BCUT2D eigenvalue weighted by atomic mass is 127. The Hall–Kier alpha value is -2.40. The molecule has 0 radical (unpaired) electrons. The maximum absolute atomic E-state index is 10.7. The van der Waals surface area contributed by atoms with E-state index in [4.69, 9.17) is 4.74 Å². The number of guanidine groups is 1. The predicted octanol–water partition coefficient (Wildman–Crippen LogP) is 2.98. The third-order valence-corrected chi connectivity index (χ3v) is 4.90. The maximum atomic E-state index is 10.7. The van der Waals surface area contributed by atoms with Crippen LogP contribution >= 0.6 is 24.0 Å². The molecule has 2 aromatic rings. The summed E-state index contributed by atoms with van der Waals surface area (Å²) < 4.78 is 5.78. The SMILES string of the molecule is CN=C(NCc1ccc([N+](=O)[O-])cc1)N1CCN(CCOc2ccccc2)CC1.I. The van der Waals surface area contributed by atoms with Crippen molar-refractivity contribution >= 4 is 35.6 Å². The van der Waals surface area contributed by atoms with Gasteiger partial charge in [0.15, 0.2) is 5.96 Å². The normalized spacial score (nSPS) is 14.7. The molecule has 3 rings (SSSR count). The molecule has 0 aliphatic carbocycles. The van der Waals surface area contributed by atoms with E-state index in [1.54, 1.807) is 19.2 Å². The lowest BCUT2D eigenvalue weighted by molar-refractivity contribution is -0.384. The van der Waals surface area contributed by atoms with Crippen molar-refractivity contribution < 1.29 is 9.66 Å². The highest BCUT2D eigenvalue weighted by molar-refractivity contribution is 14.0. The van der Waals surface area contributed by atoms with E-state index in [-0.39, 0.29) is 34.6 Å². The molecule has 1 saturated heterocycles. The van der Waals surface area contributed by atoms with Gasteiger partial charge in [-0.2, -0.15) is 0 Å². The minimum Gasteiger partial charge on any atom is -0.492 e. The Morgan fingerprint density at radius 3 is 2.37 bits per heavy atom. The van der Waals surface area contributed by atoms with Gasteiger partial charge in [0.25, 0.3) is 5.69 Å². The number of nitrogens with one attached hydrogen (secondary N) is 1. The Labute approximate surface area is 194 Å². The summed E-state index contributed by atoms with van der Waals surface area (Å²) in [5, 5.41) is 14.1. The van der Waals surface area contributed by atoms with Gasteiger partial charge in [0, 0.05) is 58.4 Å². The molecule has 1 aliphatic rings. The van der Waals surface area contributed by atoms with Crippen LogP contribution in [0.1, 0.15) is 5.56 Å². The lowest BCUT2D eigenvalue weighted by Gasteiger charge is -2.36. The van der Waals surface area contributed by atoms with Crippen molar-refractivity contribution in [2.24, 2.45) is 4.99 Å². The summed E-state index contributed by atoms with van der Waals surface area (Å²) in [7, 11) is 1.78. The van der Waals surface area contributed by atoms with Crippen molar-refractivity contribution in [1.29, 1.82) is 0 Å². The number of halogens is 1. The first-order valence-electron chi connectivity index (χ1n) is 9.75. The molecule has 0 unspecified atom stereocenters. The van der Waals surface area contributed by atoms with Gasteiger partial charge in [-0.15, -0.1) is 24.0 Å².